The molecule has 31 heavy (non-hydrogen) atoms. The summed E-state index contributed by atoms with van der Waals surface area (Å²) in [7, 11) is 0. The smallest absolute Gasteiger partial charge is 0.414 e. The number of nitrogens with one attached hydrogen (secondary N) is 2. The van der Waals surface area contributed by atoms with Crippen LogP contribution in [0.25, 0.3) is 0 Å². The van der Waals surface area contributed by atoms with E-state index in [1.807, 2.05) is 30.3 Å². The van der Waals surface area contributed by atoms with Crippen molar-refractivity contribution in [3.8, 4) is 0 Å². The zero-order valence-corrected chi connectivity index (χ0v) is 18.6. The molecule has 0 aromatic heterocycles. The van der Waals surface area contributed by atoms with Crippen LogP contribution in [-0.2, 0) is 9.53 Å². The van der Waals surface area contributed by atoms with Gasteiger partial charge >= 0.3 is 6.09 Å². The van der Waals surface area contributed by atoms with Crippen molar-refractivity contribution in [1.82, 2.24) is 5.32 Å². The van der Waals surface area contributed by atoms with Crippen LogP contribution >= 0.6 is 23.4 Å². The minimum atomic E-state index is -0.412. The van der Waals surface area contributed by atoms with E-state index in [4.69, 9.17) is 22.1 Å². The molecule has 2 amide bonds. The normalized spacial score (nSPS) is 23.5. The molecule has 2 heterocycles. The van der Waals surface area contributed by atoms with Crippen molar-refractivity contribution in [1.29, 1.82) is 0 Å². The Morgan fingerprint density at radius 2 is 2.10 bits per heavy atom. The fourth-order valence-electron chi connectivity index (χ4n) is 3.41. The molecule has 0 bridgehead atoms. The minimum absolute atomic E-state index is 0.0925. The van der Waals surface area contributed by atoms with E-state index in [1.54, 1.807) is 4.90 Å². The first-order chi connectivity index (χ1) is 15.0. The van der Waals surface area contributed by atoms with E-state index in [-0.39, 0.29) is 23.8 Å². The first kappa shape index (κ1) is 21.8. The number of cyclic esters (lactones) is 1. The summed E-state index contributed by atoms with van der Waals surface area (Å²) in [5, 5.41) is 5.94. The standard InChI is InChI=1S/C21H26ClN5O3S/c22-18-8-7-17(31-18)20(28)26-11-16-12-27(21(29)30-16)15-5-3-14(4-6-15)24-9-10-25-19(23)13-1-2-13/h3-6,8,13,16-17,24H,1-2,7,9-12H2,(H2,23,25)(H,26,28)/t16-,17?/m0/s1. The van der Waals surface area contributed by atoms with E-state index < -0.39 is 6.09 Å². The number of thioether (sulfide) groups is 1. The number of amidine groups is 1. The van der Waals surface area contributed by atoms with Gasteiger partial charge in [0.25, 0.3) is 0 Å². The molecular weight excluding hydrogens is 438 g/mol. The van der Waals surface area contributed by atoms with Gasteiger partial charge < -0.3 is 21.1 Å². The Balaban J connectivity index is 1.21. The fourth-order valence-corrected chi connectivity index (χ4v) is 4.67. The predicted molar refractivity (Wildman–Crippen MR) is 125 cm³/mol. The molecule has 166 valence electrons. The number of hydrogen-bond donors (Lipinski definition) is 3. The van der Waals surface area contributed by atoms with Gasteiger partial charge in [0, 0.05) is 23.8 Å². The molecule has 1 saturated heterocycles. The van der Waals surface area contributed by atoms with Crippen LogP contribution in [0.5, 0.6) is 0 Å². The maximum Gasteiger partial charge on any atom is 0.414 e. The monoisotopic (exact) mass is 463 g/mol. The van der Waals surface area contributed by atoms with Crippen molar-refractivity contribution in [2.75, 3.05) is 36.4 Å². The van der Waals surface area contributed by atoms with Gasteiger partial charge in [-0.1, -0.05) is 17.7 Å². The maximum atomic E-state index is 12.3. The number of carbonyl (C=O) groups excluding carboxylic acids is 2. The molecule has 0 spiro atoms. The third-order valence-electron chi connectivity index (χ3n) is 5.33. The van der Waals surface area contributed by atoms with E-state index in [0.717, 1.165) is 30.1 Å². The summed E-state index contributed by atoms with van der Waals surface area (Å²) >= 11 is 7.25. The average Bonchev–Trinajstić information content (AvgIpc) is 3.43. The molecular formula is C21H26ClN5O3S. The Bertz CT molecular complexity index is 888. The topological polar surface area (TPSA) is 109 Å². The van der Waals surface area contributed by atoms with Crippen molar-refractivity contribution in [3.63, 3.8) is 0 Å². The summed E-state index contributed by atoms with van der Waals surface area (Å²) in [4.78, 5) is 30.4. The van der Waals surface area contributed by atoms with Crippen molar-refractivity contribution in [2.45, 2.75) is 30.6 Å². The zero-order chi connectivity index (χ0) is 21.8. The number of amides is 2. The van der Waals surface area contributed by atoms with Gasteiger partial charge in [0.05, 0.1) is 35.1 Å². The van der Waals surface area contributed by atoms with Crippen molar-refractivity contribution in [3.05, 3.63) is 34.7 Å². The van der Waals surface area contributed by atoms with Crippen molar-refractivity contribution < 1.29 is 14.3 Å². The first-order valence-electron chi connectivity index (χ1n) is 10.4. The number of nitrogens with zero attached hydrogens (tertiary/aromatic N) is 2. The van der Waals surface area contributed by atoms with Gasteiger partial charge in [-0.3, -0.25) is 14.7 Å². The minimum Gasteiger partial charge on any atom is -0.442 e. The van der Waals surface area contributed by atoms with Gasteiger partial charge in [-0.25, -0.2) is 4.79 Å². The Morgan fingerprint density at radius 1 is 1.32 bits per heavy atom. The highest BCUT2D eigenvalue weighted by Crippen LogP contribution is 2.34. The van der Waals surface area contributed by atoms with Gasteiger partial charge in [-0.05, 0) is 43.5 Å². The lowest BCUT2D eigenvalue weighted by Gasteiger charge is -2.15. The van der Waals surface area contributed by atoms with Crippen LogP contribution < -0.4 is 21.3 Å². The number of anilines is 2. The molecule has 2 atom stereocenters. The van der Waals surface area contributed by atoms with Crippen LogP contribution in [0.2, 0.25) is 0 Å². The van der Waals surface area contributed by atoms with Gasteiger partial charge in [0.15, 0.2) is 0 Å². The van der Waals surface area contributed by atoms with Crippen molar-refractivity contribution in [2.24, 2.45) is 16.6 Å². The Hall–Kier alpha value is -2.39. The number of halogens is 1. The number of ether oxygens (including phenoxy) is 1. The molecule has 8 nitrogen and oxygen atoms in total. The molecule has 1 aromatic carbocycles. The number of benzene rings is 1. The number of nitrogens with two attached hydrogens (primary N) is 1. The molecule has 10 heteroatoms. The molecule has 0 radical (unpaired) electrons. The van der Waals surface area contributed by atoms with Crippen LogP contribution in [0.15, 0.2) is 39.7 Å². The van der Waals surface area contributed by atoms with Crippen LogP contribution in [0.3, 0.4) is 0 Å². The summed E-state index contributed by atoms with van der Waals surface area (Å²) in [6, 6.07) is 7.57. The second kappa shape index (κ2) is 9.82. The molecule has 1 aromatic rings. The maximum absolute atomic E-state index is 12.3. The van der Waals surface area contributed by atoms with Gasteiger partial charge in [-0.15, -0.1) is 11.8 Å². The molecule has 1 aliphatic carbocycles. The van der Waals surface area contributed by atoms with E-state index in [0.29, 0.717) is 36.3 Å². The summed E-state index contributed by atoms with van der Waals surface area (Å²) in [5.74, 6) is 1.16. The quantitative estimate of drug-likeness (QED) is 0.295. The molecule has 1 saturated carbocycles. The molecule has 2 fully saturated rings. The molecule has 4 N–H and O–H groups in total. The molecule has 1 unspecified atom stereocenters. The van der Waals surface area contributed by atoms with E-state index in [1.165, 1.54) is 11.8 Å². The second-order valence-electron chi connectivity index (χ2n) is 7.77. The van der Waals surface area contributed by atoms with Gasteiger partial charge in [-0.2, -0.15) is 0 Å². The Morgan fingerprint density at radius 3 is 2.77 bits per heavy atom. The van der Waals surface area contributed by atoms with Crippen LogP contribution in [0.1, 0.15) is 19.3 Å². The lowest BCUT2D eigenvalue weighted by atomic mass is 10.2. The highest BCUT2D eigenvalue weighted by molar-refractivity contribution is 8.06. The lowest BCUT2D eigenvalue weighted by molar-refractivity contribution is -0.120. The van der Waals surface area contributed by atoms with Crippen LogP contribution in [0.4, 0.5) is 16.2 Å². The lowest BCUT2D eigenvalue weighted by Crippen LogP contribution is -2.38. The first-order valence-corrected chi connectivity index (χ1v) is 11.7. The Labute approximate surface area is 190 Å². The van der Waals surface area contributed by atoms with E-state index >= 15 is 0 Å². The molecule has 3 aliphatic rings. The largest absolute Gasteiger partial charge is 0.442 e. The van der Waals surface area contributed by atoms with E-state index in [9.17, 15) is 9.59 Å². The highest BCUT2D eigenvalue weighted by atomic mass is 35.5. The second-order valence-corrected chi connectivity index (χ2v) is 9.64. The van der Waals surface area contributed by atoms with Crippen molar-refractivity contribution >= 4 is 52.6 Å². The summed E-state index contributed by atoms with van der Waals surface area (Å²) in [5.41, 5.74) is 7.59. The average molecular weight is 464 g/mol. The number of aliphatic imine (C=N–C) groups is 1. The number of allylic oxidation sites excluding steroid dienone is 1. The fraction of sp³-hybridized carbons (Fsp3) is 0.476. The number of hydrogen-bond acceptors (Lipinski definition) is 6. The predicted octanol–water partition coefficient (Wildman–Crippen LogP) is 2.89. The molecule has 4 rings (SSSR count). The number of carbonyl (C=O) groups is 2. The van der Waals surface area contributed by atoms with Gasteiger partial charge in [0.2, 0.25) is 5.91 Å². The SMILES string of the molecule is NC(=NCCNc1ccc(N2C[C@H](CNC(=O)C3CC=C(Cl)S3)OC2=O)cc1)C1CC1. The van der Waals surface area contributed by atoms with Crippen LogP contribution in [0, 0.1) is 5.92 Å². The summed E-state index contributed by atoms with van der Waals surface area (Å²) in [6.07, 6.45) is 3.96. The van der Waals surface area contributed by atoms with Crippen LogP contribution in [-0.4, -0.2) is 55.4 Å². The third kappa shape index (κ3) is 5.86. The van der Waals surface area contributed by atoms with E-state index in [2.05, 4.69) is 15.6 Å². The zero-order valence-electron chi connectivity index (χ0n) is 17.1. The molecule has 2 aliphatic heterocycles. The summed E-state index contributed by atoms with van der Waals surface area (Å²) < 4.78 is 6.05. The number of rotatable bonds is 9. The Kier molecular flexibility index (Phi) is 6.92. The van der Waals surface area contributed by atoms with Gasteiger partial charge in [0.1, 0.15) is 6.10 Å². The summed E-state index contributed by atoms with van der Waals surface area (Å²) in [6.45, 7) is 2.00. The highest BCUT2D eigenvalue weighted by Gasteiger charge is 2.33. The third-order valence-corrected chi connectivity index (χ3v) is 6.83.